The number of benzene rings is 2. The van der Waals surface area contributed by atoms with Crippen molar-refractivity contribution < 1.29 is 18.4 Å². The molecule has 0 amide bonds. The Labute approximate surface area is 177 Å². The molecule has 0 bridgehead atoms. The quantitative estimate of drug-likeness (QED) is 0.268. The van der Waals surface area contributed by atoms with Crippen LogP contribution in [-0.4, -0.2) is 24.6 Å². The fourth-order valence-corrected chi connectivity index (χ4v) is 3.44. The molecule has 0 radical (unpaired) electrons. The van der Waals surface area contributed by atoms with Crippen LogP contribution in [0.25, 0.3) is 0 Å². The molecule has 158 valence electrons. The maximum Gasteiger partial charge on any atom is 0.694 e. The van der Waals surface area contributed by atoms with Crippen molar-refractivity contribution in [1.82, 2.24) is 5.32 Å². The van der Waals surface area contributed by atoms with E-state index in [2.05, 4.69) is 15.2 Å². The van der Waals surface area contributed by atoms with E-state index in [1.807, 2.05) is 30.3 Å². The Kier molecular flexibility index (Phi) is 11.1. The van der Waals surface area contributed by atoms with Gasteiger partial charge in [-0.15, -0.1) is 9.42 Å². The third-order valence-electron chi connectivity index (χ3n) is 4.43. The van der Waals surface area contributed by atoms with E-state index in [0.717, 1.165) is 43.5 Å². The molecule has 2 aromatic carbocycles. The molecule has 0 fully saturated rings. The molecule has 1 unspecified atom stereocenters. The number of anilines is 1. The van der Waals surface area contributed by atoms with Crippen LogP contribution in [0.5, 0.6) is 0 Å². The van der Waals surface area contributed by atoms with Crippen molar-refractivity contribution in [3.05, 3.63) is 64.4 Å². The van der Waals surface area contributed by atoms with Crippen LogP contribution in [-0.2, 0) is 22.1 Å². The molecule has 2 rings (SSSR count). The Morgan fingerprint density at radius 2 is 1.76 bits per heavy atom. The number of halogens is 2. The van der Waals surface area contributed by atoms with Crippen molar-refractivity contribution in [3.63, 3.8) is 0 Å². The summed E-state index contributed by atoms with van der Waals surface area (Å²) < 4.78 is 27.9. The molecular formula is C21H28ClFN2O3P+. The predicted octanol–water partition coefficient (Wildman–Crippen LogP) is 5.45. The van der Waals surface area contributed by atoms with E-state index in [0.29, 0.717) is 24.5 Å². The third-order valence-corrected chi connectivity index (χ3v) is 5.15. The molecule has 0 spiro atoms. The van der Waals surface area contributed by atoms with Crippen molar-refractivity contribution >= 4 is 25.5 Å². The fraction of sp³-hybridized carbons (Fsp3) is 0.429. The molecule has 0 aromatic heterocycles. The molecule has 0 aliphatic carbocycles. The molecule has 0 aliphatic rings. The van der Waals surface area contributed by atoms with E-state index in [1.54, 1.807) is 0 Å². The summed E-state index contributed by atoms with van der Waals surface area (Å²) in [5, 5.41) is 7.31. The van der Waals surface area contributed by atoms with E-state index < -0.39 is 8.25 Å². The van der Waals surface area contributed by atoms with Gasteiger partial charge in [-0.25, -0.2) is 4.39 Å². The number of hydrogen-bond donors (Lipinski definition) is 3. The first-order valence-electron chi connectivity index (χ1n) is 9.81. The standard InChI is InChI=1S/C21H27ClFN2O3P/c22-20-15-18(16-24-12-4-14-28-29(26)27)8-11-21(20)25-13-3-1-2-5-17-6-9-19(23)10-7-17/h6-11,15,24-25H,1-5,12-14,16H2/p+1. The molecule has 29 heavy (non-hydrogen) atoms. The summed E-state index contributed by atoms with van der Waals surface area (Å²) in [6, 6.07) is 12.6. The maximum absolute atomic E-state index is 12.9. The van der Waals surface area contributed by atoms with E-state index in [1.165, 1.54) is 17.7 Å². The topological polar surface area (TPSA) is 70.6 Å². The van der Waals surface area contributed by atoms with Crippen LogP contribution in [0.4, 0.5) is 10.1 Å². The Balaban J connectivity index is 1.58. The van der Waals surface area contributed by atoms with Crippen LogP contribution in [0.1, 0.15) is 36.8 Å². The molecular weight excluding hydrogens is 414 g/mol. The number of rotatable bonds is 14. The second-order valence-electron chi connectivity index (χ2n) is 6.78. The summed E-state index contributed by atoms with van der Waals surface area (Å²) >= 11 is 6.36. The lowest BCUT2D eigenvalue weighted by Gasteiger charge is -2.11. The van der Waals surface area contributed by atoms with E-state index in [9.17, 15) is 8.96 Å². The number of unbranched alkanes of at least 4 members (excludes halogenated alkanes) is 2. The maximum atomic E-state index is 12.9. The summed E-state index contributed by atoms with van der Waals surface area (Å²) in [5.41, 5.74) is 3.17. The lowest BCUT2D eigenvalue weighted by molar-refractivity contribution is 0.276. The lowest BCUT2D eigenvalue weighted by Crippen LogP contribution is -2.16. The summed E-state index contributed by atoms with van der Waals surface area (Å²) in [4.78, 5) is 8.54. The summed E-state index contributed by atoms with van der Waals surface area (Å²) in [6.07, 6.45) is 4.84. The molecule has 0 saturated heterocycles. The third kappa shape index (κ3) is 10.2. The molecule has 5 nitrogen and oxygen atoms in total. The van der Waals surface area contributed by atoms with Crippen molar-refractivity contribution in [2.24, 2.45) is 0 Å². The van der Waals surface area contributed by atoms with Crippen molar-refractivity contribution in [3.8, 4) is 0 Å². The van der Waals surface area contributed by atoms with Gasteiger partial charge in [0.2, 0.25) is 0 Å². The largest absolute Gasteiger partial charge is 0.694 e. The van der Waals surface area contributed by atoms with Crippen molar-refractivity contribution in [1.29, 1.82) is 0 Å². The highest BCUT2D eigenvalue weighted by atomic mass is 35.5. The summed E-state index contributed by atoms with van der Waals surface area (Å²) in [7, 11) is -2.51. The molecule has 2 aromatic rings. The minimum Gasteiger partial charge on any atom is -0.384 e. The molecule has 1 atom stereocenters. The van der Waals surface area contributed by atoms with Gasteiger partial charge in [-0.2, -0.15) is 0 Å². The smallest absolute Gasteiger partial charge is 0.384 e. The van der Waals surface area contributed by atoms with Crippen LogP contribution >= 0.6 is 19.9 Å². The second kappa shape index (κ2) is 13.6. The first kappa shape index (κ1) is 23.7. The highest BCUT2D eigenvalue weighted by molar-refractivity contribution is 7.32. The normalized spacial score (nSPS) is 11.5. The molecule has 0 saturated carbocycles. The minimum atomic E-state index is -2.51. The van der Waals surface area contributed by atoms with Gasteiger partial charge in [0.15, 0.2) is 0 Å². The van der Waals surface area contributed by atoms with Crippen molar-refractivity contribution in [2.45, 2.75) is 38.6 Å². The van der Waals surface area contributed by atoms with Gasteiger partial charge in [0.25, 0.3) is 0 Å². The average Bonchev–Trinajstić information content (AvgIpc) is 2.69. The summed E-state index contributed by atoms with van der Waals surface area (Å²) in [5.74, 6) is -0.191. The Hall–Kier alpha value is -1.56. The van der Waals surface area contributed by atoms with Gasteiger partial charge in [0.1, 0.15) is 12.4 Å². The van der Waals surface area contributed by atoms with Crippen LogP contribution in [0.15, 0.2) is 42.5 Å². The highest BCUT2D eigenvalue weighted by Gasteiger charge is 2.10. The van der Waals surface area contributed by atoms with Crippen LogP contribution < -0.4 is 10.6 Å². The average molecular weight is 442 g/mol. The van der Waals surface area contributed by atoms with Gasteiger partial charge in [-0.3, -0.25) is 0 Å². The van der Waals surface area contributed by atoms with Gasteiger partial charge in [0, 0.05) is 17.7 Å². The Bertz CT molecular complexity index is 762. The van der Waals surface area contributed by atoms with Crippen LogP contribution in [0.3, 0.4) is 0 Å². The summed E-state index contributed by atoms with van der Waals surface area (Å²) in [6.45, 7) is 2.48. The van der Waals surface area contributed by atoms with E-state index >= 15 is 0 Å². The SMILES string of the molecule is O=[P+](O)OCCCNCc1ccc(NCCCCCc2ccc(F)cc2)c(Cl)c1. The molecule has 0 aliphatic heterocycles. The fourth-order valence-electron chi connectivity index (χ4n) is 2.89. The zero-order valence-corrected chi connectivity index (χ0v) is 18.0. The second-order valence-corrected chi connectivity index (χ2v) is 7.92. The minimum absolute atomic E-state index is 0.191. The monoisotopic (exact) mass is 441 g/mol. The van der Waals surface area contributed by atoms with Crippen LogP contribution in [0, 0.1) is 5.82 Å². The molecule has 8 heteroatoms. The molecule has 3 N–H and O–H groups in total. The predicted molar refractivity (Wildman–Crippen MR) is 116 cm³/mol. The van der Waals surface area contributed by atoms with Crippen molar-refractivity contribution in [2.75, 3.05) is 25.0 Å². The Morgan fingerprint density at radius 1 is 1.00 bits per heavy atom. The Morgan fingerprint density at radius 3 is 2.48 bits per heavy atom. The number of aryl methyl sites for hydroxylation is 1. The van der Waals surface area contributed by atoms with Gasteiger partial charge in [-0.05, 0) is 67.6 Å². The lowest BCUT2D eigenvalue weighted by atomic mass is 10.1. The van der Waals surface area contributed by atoms with Gasteiger partial charge in [-0.1, -0.05) is 36.2 Å². The van der Waals surface area contributed by atoms with Crippen LogP contribution in [0.2, 0.25) is 5.02 Å². The van der Waals surface area contributed by atoms with Gasteiger partial charge in [0.05, 0.1) is 10.7 Å². The van der Waals surface area contributed by atoms with Gasteiger partial charge >= 0.3 is 8.25 Å². The first-order chi connectivity index (χ1) is 14.0. The highest BCUT2D eigenvalue weighted by Crippen LogP contribution is 2.23. The zero-order valence-electron chi connectivity index (χ0n) is 16.4. The number of nitrogens with one attached hydrogen (secondary N) is 2. The van der Waals surface area contributed by atoms with E-state index in [-0.39, 0.29) is 12.4 Å². The number of hydrogen-bond acceptors (Lipinski definition) is 4. The van der Waals surface area contributed by atoms with E-state index in [4.69, 9.17) is 16.5 Å². The molecule has 0 heterocycles. The van der Waals surface area contributed by atoms with Gasteiger partial charge < -0.3 is 10.6 Å². The first-order valence-corrected chi connectivity index (χ1v) is 11.3. The zero-order chi connectivity index (χ0) is 20.9.